The van der Waals surface area contributed by atoms with Gasteiger partial charge in [-0.15, -0.1) is 0 Å². The second-order valence-electron chi connectivity index (χ2n) is 6.07. The average Bonchev–Trinajstić information content (AvgIpc) is 2.53. The van der Waals surface area contributed by atoms with E-state index < -0.39 is 0 Å². The van der Waals surface area contributed by atoms with Gasteiger partial charge in [0.1, 0.15) is 5.75 Å². The lowest BCUT2D eigenvalue weighted by molar-refractivity contribution is 0.308. The van der Waals surface area contributed by atoms with Gasteiger partial charge in [0.2, 0.25) is 0 Å². The zero-order chi connectivity index (χ0) is 14.9. The summed E-state index contributed by atoms with van der Waals surface area (Å²) in [6.07, 6.45) is 15.8. The summed E-state index contributed by atoms with van der Waals surface area (Å²) in [6.45, 7) is 5.32. The number of fused-ring (bicyclic) bond motifs is 1. The highest BCUT2D eigenvalue weighted by Gasteiger charge is 2.14. The zero-order valence-corrected chi connectivity index (χ0v) is 13.8. The fourth-order valence-electron chi connectivity index (χ4n) is 3.02. The molecular formula is C20H30O. The molecule has 21 heavy (non-hydrogen) atoms. The Labute approximate surface area is 130 Å². The first kappa shape index (κ1) is 16.1. The van der Waals surface area contributed by atoms with Crippen molar-refractivity contribution in [3.05, 3.63) is 34.9 Å². The first-order valence-electron chi connectivity index (χ1n) is 8.81. The lowest BCUT2D eigenvalue weighted by Gasteiger charge is -2.19. The van der Waals surface area contributed by atoms with Crippen LogP contribution in [0.15, 0.2) is 18.2 Å². The Morgan fingerprint density at radius 3 is 2.67 bits per heavy atom. The lowest BCUT2D eigenvalue weighted by atomic mass is 9.89. The van der Waals surface area contributed by atoms with Crippen LogP contribution in [0.4, 0.5) is 0 Å². The van der Waals surface area contributed by atoms with Crippen LogP contribution in [-0.2, 0) is 12.8 Å². The third-order valence-corrected chi connectivity index (χ3v) is 4.31. The molecule has 0 N–H and O–H groups in total. The van der Waals surface area contributed by atoms with E-state index in [0.717, 1.165) is 18.8 Å². The number of benzene rings is 1. The number of ether oxygens (including phenoxy) is 1. The molecule has 0 aromatic heterocycles. The predicted molar refractivity (Wildman–Crippen MR) is 92.0 cm³/mol. The van der Waals surface area contributed by atoms with Crippen molar-refractivity contribution in [2.24, 2.45) is 0 Å². The largest absolute Gasteiger partial charge is 0.493 e. The maximum Gasteiger partial charge on any atom is 0.126 e. The average molecular weight is 286 g/mol. The fourth-order valence-corrected chi connectivity index (χ4v) is 3.02. The van der Waals surface area contributed by atoms with Gasteiger partial charge < -0.3 is 4.74 Å². The molecule has 2 rings (SSSR count). The third kappa shape index (κ3) is 4.62. The van der Waals surface area contributed by atoms with E-state index >= 15 is 0 Å². The molecule has 1 heteroatoms. The maximum absolute atomic E-state index is 5.99. The molecule has 1 nitrogen and oxygen atoms in total. The standard InChI is InChI=1S/C20H30O/c1-3-5-7-8-11-17-14-15-20(21-16-6-4-2)19-13-10-9-12-18(17)19/h10,13-15H,3-9,11-12,16H2,1-2H3. The highest BCUT2D eigenvalue weighted by molar-refractivity contribution is 5.65. The summed E-state index contributed by atoms with van der Waals surface area (Å²) < 4.78 is 5.99. The summed E-state index contributed by atoms with van der Waals surface area (Å²) >= 11 is 0. The third-order valence-electron chi connectivity index (χ3n) is 4.31. The van der Waals surface area contributed by atoms with E-state index in [0.29, 0.717) is 0 Å². The van der Waals surface area contributed by atoms with E-state index in [1.807, 2.05) is 0 Å². The Morgan fingerprint density at radius 1 is 1.00 bits per heavy atom. The Morgan fingerprint density at radius 2 is 1.86 bits per heavy atom. The summed E-state index contributed by atoms with van der Waals surface area (Å²) in [5.74, 6) is 1.09. The molecule has 0 saturated carbocycles. The van der Waals surface area contributed by atoms with Crippen LogP contribution in [0.3, 0.4) is 0 Å². The van der Waals surface area contributed by atoms with Crippen LogP contribution in [-0.4, -0.2) is 6.61 Å². The minimum absolute atomic E-state index is 0.840. The van der Waals surface area contributed by atoms with E-state index in [9.17, 15) is 0 Å². The minimum Gasteiger partial charge on any atom is -0.493 e. The molecule has 0 spiro atoms. The number of unbranched alkanes of at least 4 members (excludes halogenated alkanes) is 4. The van der Waals surface area contributed by atoms with E-state index in [2.05, 4.69) is 38.1 Å². The molecule has 1 aliphatic rings. The van der Waals surface area contributed by atoms with E-state index in [-0.39, 0.29) is 0 Å². The van der Waals surface area contributed by atoms with Crippen molar-refractivity contribution in [1.82, 2.24) is 0 Å². The molecule has 0 aliphatic heterocycles. The van der Waals surface area contributed by atoms with Gasteiger partial charge in [-0.2, -0.15) is 0 Å². The zero-order valence-electron chi connectivity index (χ0n) is 13.8. The number of aryl methyl sites for hydroxylation is 1. The van der Waals surface area contributed by atoms with Gasteiger partial charge in [0.05, 0.1) is 6.61 Å². The Bertz CT molecular complexity index is 459. The fraction of sp³-hybridized carbons (Fsp3) is 0.600. The highest BCUT2D eigenvalue weighted by atomic mass is 16.5. The van der Waals surface area contributed by atoms with E-state index in [1.165, 1.54) is 56.9 Å². The molecule has 1 aromatic rings. The molecular weight excluding hydrogens is 256 g/mol. The molecule has 0 atom stereocenters. The molecule has 0 unspecified atom stereocenters. The molecule has 0 fully saturated rings. The van der Waals surface area contributed by atoms with Gasteiger partial charge in [0, 0.05) is 5.56 Å². The SMILES string of the molecule is CCCCCCc1ccc(OCCCC)c2c1CCC=C2. The molecule has 0 amide bonds. The van der Waals surface area contributed by atoms with Crippen molar-refractivity contribution < 1.29 is 4.74 Å². The topological polar surface area (TPSA) is 9.23 Å². The van der Waals surface area contributed by atoms with Gasteiger partial charge in [0.25, 0.3) is 0 Å². The molecule has 0 bridgehead atoms. The van der Waals surface area contributed by atoms with Crippen molar-refractivity contribution >= 4 is 6.08 Å². The molecule has 0 saturated heterocycles. The van der Waals surface area contributed by atoms with E-state index in [4.69, 9.17) is 4.74 Å². The van der Waals surface area contributed by atoms with Crippen LogP contribution >= 0.6 is 0 Å². The second kappa shape index (κ2) is 8.92. The van der Waals surface area contributed by atoms with Gasteiger partial charge >= 0.3 is 0 Å². The Hall–Kier alpha value is -1.24. The smallest absolute Gasteiger partial charge is 0.126 e. The van der Waals surface area contributed by atoms with Crippen molar-refractivity contribution in [2.75, 3.05) is 6.61 Å². The number of hydrogen-bond donors (Lipinski definition) is 0. The molecule has 1 aromatic carbocycles. The van der Waals surface area contributed by atoms with Gasteiger partial charge in [0.15, 0.2) is 0 Å². The van der Waals surface area contributed by atoms with Gasteiger partial charge in [-0.25, -0.2) is 0 Å². The highest BCUT2D eigenvalue weighted by Crippen LogP contribution is 2.32. The summed E-state index contributed by atoms with van der Waals surface area (Å²) in [5.41, 5.74) is 4.45. The predicted octanol–water partition coefficient (Wildman–Crippen LogP) is 5.95. The molecule has 116 valence electrons. The summed E-state index contributed by atoms with van der Waals surface area (Å²) in [4.78, 5) is 0. The monoisotopic (exact) mass is 286 g/mol. The van der Waals surface area contributed by atoms with Crippen LogP contribution in [0.1, 0.15) is 75.5 Å². The van der Waals surface area contributed by atoms with Crippen molar-refractivity contribution in [1.29, 1.82) is 0 Å². The van der Waals surface area contributed by atoms with Crippen molar-refractivity contribution in [3.63, 3.8) is 0 Å². The second-order valence-corrected chi connectivity index (χ2v) is 6.07. The molecule has 0 radical (unpaired) electrons. The normalized spacial score (nSPS) is 13.2. The summed E-state index contributed by atoms with van der Waals surface area (Å²) in [7, 11) is 0. The van der Waals surface area contributed by atoms with Crippen molar-refractivity contribution in [3.8, 4) is 5.75 Å². The first-order valence-corrected chi connectivity index (χ1v) is 8.81. The van der Waals surface area contributed by atoms with Gasteiger partial charge in [-0.3, -0.25) is 0 Å². The van der Waals surface area contributed by atoms with E-state index in [1.54, 1.807) is 11.1 Å². The van der Waals surface area contributed by atoms with Crippen molar-refractivity contribution in [2.45, 2.75) is 71.6 Å². The maximum atomic E-state index is 5.99. The Balaban J connectivity index is 2.07. The van der Waals surface area contributed by atoms with Crippen LogP contribution in [0, 0.1) is 0 Å². The Kier molecular flexibility index (Phi) is 6.85. The number of allylic oxidation sites excluding steroid dienone is 1. The lowest BCUT2D eigenvalue weighted by Crippen LogP contribution is -2.05. The number of hydrogen-bond acceptors (Lipinski definition) is 1. The molecule has 1 aliphatic carbocycles. The van der Waals surface area contributed by atoms with Crippen LogP contribution < -0.4 is 4.74 Å². The van der Waals surface area contributed by atoms with Crippen LogP contribution in [0.5, 0.6) is 5.75 Å². The van der Waals surface area contributed by atoms with Crippen LogP contribution in [0.25, 0.3) is 6.08 Å². The minimum atomic E-state index is 0.840. The van der Waals surface area contributed by atoms with Crippen LogP contribution in [0.2, 0.25) is 0 Å². The van der Waals surface area contributed by atoms with Gasteiger partial charge in [-0.1, -0.05) is 57.7 Å². The summed E-state index contributed by atoms with van der Waals surface area (Å²) in [6, 6.07) is 4.50. The summed E-state index contributed by atoms with van der Waals surface area (Å²) in [5, 5.41) is 0. The molecule has 0 heterocycles. The first-order chi connectivity index (χ1) is 10.4. The quantitative estimate of drug-likeness (QED) is 0.510. The number of rotatable bonds is 9. The van der Waals surface area contributed by atoms with Gasteiger partial charge in [-0.05, 0) is 49.3 Å².